The molecule has 1 aliphatic heterocycles. The van der Waals surface area contributed by atoms with Gasteiger partial charge < -0.3 is 26.0 Å². The number of nitrogens with one attached hydrogen (secondary N) is 2. The molecule has 14 heavy (non-hydrogen) atoms. The summed E-state index contributed by atoms with van der Waals surface area (Å²) >= 11 is 0. The molecule has 1 saturated heterocycles. The summed E-state index contributed by atoms with van der Waals surface area (Å²) in [5, 5.41) is 33.8. The zero-order valence-electron chi connectivity index (χ0n) is 8.37. The minimum Gasteiger partial charge on any atom is -0.394 e. The van der Waals surface area contributed by atoms with Crippen molar-refractivity contribution in [2.24, 2.45) is 0 Å². The Balaban J connectivity index is 2.15. The summed E-state index contributed by atoms with van der Waals surface area (Å²) in [7, 11) is 0. The van der Waals surface area contributed by atoms with Crippen molar-refractivity contribution in [2.45, 2.75) is 24.5 Å². The lowest BCUT2D eigenvalue weighted by Crippen LogP contribution is -2.49. The van der Waals surface area contributed by atoms with Crippen LogP contribution in [0.5, 0.6) is 0 Å². The molecule has 1 fully saturated rings. The highest BCUT2D eigenvalue weighted by Gasteiger charge is 2.28. The molecule has 0 bridgehead atoms. The van der Waals surface area contributed by atoms with Gasteiger partial charge in [0.25, 0.3) is 0 Å². The molecule has 1 rings (SSSR count). The number of hydrogen-bond donors (Lipinski definition) is 5. The van der Waals surface area contributed by atoms with Crippen LogP contribution in [0.1, 0.15) is 12.8 Å². The van der Waals surface area contributed by atoms with Crippen molar-refractivity contribution in [3.05, 3.63) is 0 Å². The Morgan fingerprint density at radius 1 is 1.36 bits per heavy atom. The van der Waals surface area contributed by atoms with Gasteiger partial charge in [-0.3, -0.25) is 0 Å². The lowest BCUT2D eigenvalue weighted by molar-refractivity contribution is 0.00681. The van der Waals surface area contributed by atoms with Gasteiger partial charge in [0.1, 0.15) is 0 Å². The molecule has 0 saturated carbocycles. The molecule has 0 spiro atoms. The minimum absolute atomic E-state index is 0.243. The molecule has 0 aromatic carbocycles. The van der Waals surface area contributed by atoms with E-state index in [1.807, 2.05) is 0 Å². The topological polar surface area (TPSA) is 84.8 Å². The first-order valence-electron chi connectivity index (χ1n) is 5.09. The SMILES string of the molecule is OCC(O)CNCC1(O)CCNCC1. The Morgan fingerprint density at radius 3 is 2.57 bits per heavy atom. The van der Waals surface area contributed by atoms with Gasteiger partial charge in [-0.1, -0.05) is 0 Å². The third kappa shape index (κ3) is 3.89. The van der Waals surface area contributed by atoms with Crippen molar-refractivity contribution in [1.29, 1.82) is 0 Å². The van der Waals surface area contributed by atoms with Crippen LogP contribution in [0, 0.1) is 0 Å². The standard InChI is InChI=1S/C9H20N2O3/c12-6-8(13)5-11-7-9(14)1-3-10-4-2-9/h8,10-14H,1-7H2. The van der Waals surface area contributed by atoms with E-state index >= 15 is 0 Å². The van der Waals surface area contributed by atoms with E-state index in [9.17, 15) is 5.11 Å². The summed E-state index contributed by atoms with van der Waals surface area (Å²) < 4.78 is 0. The molecule has 0 aromatic rings. The zero-order valence-corrected chi connectivity index (χ0v) is 8.37. The maximum atomic E-state index is 10.0. The predicted molar refractivity (Wildman–Crippen MR) is 53.0 cm³/mol. The number of piperidine rings is 1. The summed E-state index contributed by atoms with van der Waals surface area (Å²) in [6.45, 7) is 2.23. The number of aliphatic hydroxyl groups is 3. The largest absolute Gasteiger partial charge is 0.394 e. The highest BCUT2D eigenvalue weighted by atomic mass is 16.3. The molecule has 5 nitrogen and oxygen atoms in total. The van der Waals surface area contributed by atoms with Crippen molar-refractivity contribution < 1.29 is 15.3 Å². The van der Waals surface area contributed by atoms with Crippen LogP contribution in [0.3, 0.4) is 0 Å². The van der Waals surface area contributed by atoms with Crippen molar-refractivity contribution >= 4 is 0 Å². The van der Waals surface area contributed by atoms with Crippen LogP contribution >= 0.6 is 0 Å². The fourth-order valence-corrected chi connectivity index (χ4v) is 1.60. The van der Waals surface area contributed by atoms with Crippen LogP contribution in [0.15, 0.2) is 0 Å². The van der Waals surface area contributed by atoms with Crippen molar-refractivity contribution in [3.8, 4) is 0 Å². The van der Waals surface area contributed by atoms with Gasteiger partial charge in [-0.25, -0.2) is 0 Å². The highest BCUT2D eigenvalue weighted by molar-refractivity contribution is 4.86. The Hall–Kier alpha value is -0.200. The van der Waals surface area contributed by atoms with Gasteiger partial charge in [0.2, 0.25) is 0 Å². The van der Waals surface area contributed by atoms with Crippen molar-refractivity contribution in [1.82, 2.24) is 10.6 Å². The van der Waals surface area contributed by atoms with E-state index in [1.165, 1.54) is 0 Å². The molecule has 0 aromatic heterocycles. The third-order valence-corrected chi connectivity index (χ3v) is 2.58. The predicted octanol–water partition coefficient (Wildman–Crippen LogP) is -1.96. The van der Waals surface area contributed by atoms with Gasteiger partial charge >= 0.3 is 0 Å². The van der Waals surface area contributed by atoms with Crippen LogP contribution in [-0.2, 0) is 0 Å². The first-order chi connectivity index (χ1) is 6.66. The van der Waals surface area contributed by atoms with Gasteiger partial charge in [-0.05, 0) is 25.9 Å². The Labute approximate surface area is 84.1 Å². The second-order valence-electron chi connectivity index (χ2n) is 3.94. The summed E-state index contributed by atoms with van der Waals surface area (Å²) in [5.74, 6) is 0. The maximum Gasteiger partial charge on any atom is 0.0894 e. The molecule has 0 radical (unpaired) electrons. The highest BCUT2D eigenvalue weighted by Crippen LogP contribution is 2.16. The molecule has 1 unspecified atom stereocenters. The summed E-state index contributed by atoms with van der Waals surface area (Å²) in [4.78, 5) is 0. The lowest BCUT2D eigenvalue weighted by Gasteiger charge is -2.33. The van der Waals surface area contributed by atoms with Crippen LogP contribution in [0.25, 0.3) is 0 Å². The van der Waals surface area contributed by atoms with Gasteiger partial charge in [0, 0.05) is 13.1 Å². The molecule has 1 atom stereocenters. The molecule has 5 heteroatoms. The van der Waals surface area contributed by atoms with Gasteiger partial charge in [-0.2, -0.15) is 0 Å². The normalized spacial score (nSPS) is 23.4. The Kier molecular flexibility index (Phi) is 4.77. The van der Waals surface area contributed by atoms with E-state index in [-0.39, 0.29) is 6.61 Å². The average Bonchev–Trinajstić information content (AvgIpc) is 2.18. The second kappa shape index (κ2) is 5.63. The molecule has 1 aliphatic rings. The van der Waals surface area contributed by atoms with E-state index in [0.29, 0.717) is 13.1 Å². The summed E-state index contributed by atoms with van der Waals surface area (Å²) in [6.07, 6.45) is 0.727. The zero-order chi connectivity index (χ0) is 10.4. The van der Waals surface area contributed by atoms with E-state index < -0.39 is 11.7 Å². The molecule has 5 N–H and O–H groups in total. The Bertz CT molecular complexity index is 160. The maximum absolute atomic E-state index is 10.0. The van der Waals surface area contributed by atoms with E-state index in [0.717, 1.165) is 25.9 Å². The van der Waals surface area contributed by atoms with E-state index in [4.69, 9.17) is 10.2 Å². The van der Waals surface area contributed by atoms with E-state index in [2.05, 4.69) is 10.6 Å². The number of aliphatic hydroxyl groups excluding tert-OH is 2. The molecular weight excluding hydrogens is 184 g/mol. The van der Waals surface area contributed by atoms with Gasteiger partial charge in [0.05, 0.1) is 18.3 Å². The third-order valence-electron chi connectivity index (χ3n) is 2.58. The minimum atomic E-state index is -0.736. The molecular formula is C9H20N2O3. The first kappa shape index (κ1) is 11.9. The number of rotatable bonds is 5. The van der Waals surface area contributed by atoms with Crippen molar-refractivity contribution in [2.75, 3.05) is 32.8 Å². The first-order valence-corrected chi connectivity index (χ1v) is 5.09. The molecule has 0 aliphatic carbocycles. The molecule has 0 amide bonds. The lowest BCUT2D eigenvalue weighted by atomic mass is 9.92. The monoisotopic (exact) mass is 204 g/mol. The smallest absolute Gasteiger partial charge is 0.0894 e. The molecule has 1 heterocycles. The quantitative estimate of drug-likeness (QED) is 0.359. The summed E-state index contributed by atoms with van der Waals surface area (Å²) in [6, 6.07) is 0. The fourth-order valence-electron chi connectivity index (χ4n) is 1.60. The summed E-state index contributed by atoms with van der Waals surface area (Å²) in [5.41, 5.74) is -0.652. The fraction of sp³-hybridized carbons (Fsp3) is 1.00. The Morgan fingerprint density at radius 2 is 2.00 bits per heavy atom. The molecule has 84 valence electrons. The van der Waals surface area contributed by atoms with Crippen LogP contribution in [-0.4, -0.2) is 59.8 Å². The van der Waals surface area contributed by atoms with Gasteiger partial charge in [0.15, 0.2) is 0 Å². The van der Waals surface area contributed by atoms with Gasteiger partial charge in [-0.15, -0.1) is 0 Å². The van der Waals surface area contributed by atoms with Crippen LogP contribution in [0.4, 0.5) is 0 Å². The average molecular weight is 204 g/mol. The number of hydrogen-bond acceptors (Lipinski definition) is 5. The second-order valence-corrected chi connectivity index (χ2v) is 3.94. The van der Waals surface area contributed by atoms with Crippen molar-refractivity contribution in [3.63, 3.8) is 0 Å². The van der Waals surface area contributed by atoms with Crippen LogP contribution < -0.4 is 10.6 Å². The van der Waals surface area contributed by atoms with Crippen LogP contribution in [0.2, 0.25) is 0 Å². The van der Waals surface area contributed by atoms with E-state index in [1.54, 1.807) is 0 Å².